The average Bonchev–Trinajstić information content (AvgIpc) is 3.51. The monoisotopic (exact) mass is 728 g/mol. The van der Waals surface area contributed by atoms with Crippen LogP contribution in [-0.2, 0) is 5.41 Å². The Morgan fingerprint density at radius 1 is 0.474 bits per heavy atom. The van der Waals surface area contributed by atoms with Gasteiger partial charge in [-0.15, -0.1) is 0 Å². The van der Waals surface area contributed by atoms with Gasteiger partial charge in [0.2, 0.25) is 0 Å². The molecule has 1 N–H and O–H groups in total. The summed E-state index contributed by atoms with van der Waals surface area (Å²) in [6, 6.07) is 66.9. The lowest BCUT2D eigenvalue weighted by atomic mass is 9.81. The molecular formula is C55H40N2. The minimum Gasteiger partial charge on any atom is -0.300 e. The summed E-state index contributed by atoms with van der Waals surface area (Å²) in [7, 11) is 0. The van der Waals surface area contributed by atoms with Gasteiger partial charge in [-0.1, -0.05) is 196 Å². The first-order chi connectivity index (χ1) is 27.9. The van der Waals surface area contributed by atoms with Gasteiger partial charge in [-0.2, -0.15) is 0 Å². The topological polar surface area (TPSA) is 36.2 Å². The van der Waals surface area contributed by atoms with Gasteiger partial charge < -0.3 is 5.41 Å². The van der Waals surface area contributed by atoms with E-state index in [9.17, 15) is 0 Å². The molecule has 10 rings (SSSR count). The minimum atomic E-state index is -0.0791. The van der Waals surface area contributed by atoms with Gasteiger partial charge in [0.1, 0.15) is 0 Å². The van der Waals surface area contributed by atoms with Crippen LogP contribution in [-0.4, -0.2) is 11.9 Å². The minimum absolute atomic E-state index is 0.0791. The summed E-state index contributed by atoms with van der Waals surface area (Å²) in [5.74, 6) is 0. The van der Waals surface area contributed by atoms with Crippen LogP contribution in [0, 0.1) is 5.41 Å². The second kappa shape index (κ2) is 13.8. The maximum Gasteiger partial charge on any atom is 0.0723 e. The van der Waals surface area contributed by atoms with Crippen LogP contribution < -0.4 is 0 Å². The smallest absolute Gasteiger partial charge is 0.0723 e. The Morgan fingerprint density at radius 3 is 1.89 bits per heavy atom. The second-order valence-electron chi connectivity index (χ2n) is 15.5. The molecule has 0 saturated heterocycles. The molecule has 0 amide bonds. The Hall–Kier alpha value is -7.16. The van der Waals surface area contributed by atoms with Gasteiger partial charge in [0.15, 0.2) is 0 Å². The summed E-state index contributed by atoms with van der Waals surface area (Å²) in [5, 5.41) is 16.2. The number of benzene rings is 9. The van der Waals surface area contributed by atoms with Crippen molar-refractivity contribution in [3.8, 4) is 33.4 Å². The van der Waals surface area contributed by atoms with E-state index >= 15 is 0 Å². The third-order valence-electron chi connectivity index (χ3n) is 11.8. The van der Waals surface area contributed by atoms with Crippen molar-refractivity contribution in [3.05, 3.63) is 222 Å². The predicted octanol–water partition coefficient (Wildman–Crippen LogP) is 14.3. The summed E-state index contributed by atoms with van der Waals surface area (Å²) in [5.41, 5.74) is 14.3. The summed E-state index contributed by atoms with van der Waals surface area (Å²) >= 11 is 0. The van der Waals surface area contributed by atoms with Crippen LogP contribution >= 0.6 is 0 Å². The molecule has 0 saturated carbocycles. The third-order valence-corrected chi connectivity index (χ3v) is 11.8. The lowest BCUT2D eigenvalue weighted by Gasteiger charge is -2.21. The molecule has 9 aromatic rings. The van der Waals surface area contributed by atoms with Crippen molar-refractivity contribution >= 4 is 49.9 Å². The van der Waals surface area contributed by atoms with Gasteiger partial charge in [0.05, 0.1) is 11.4 Å². The van der Waals surface area contributed by atoms with Crippen LogP contribution in [0.2, 0.25) is 0 Å². The summed E-state index contributed by atoms with van der Waals surface area (Å²) in [6.07, 6.45) is 3.83. The molecule has 0 radical (unpaired) electrons. The number of fused-ring (bicyclic) bond motifs is 7. The quantitative estimate of drug-likeness (QED) is 0.159. The van der Waals surface area contributed by atoms with E-state index in [4.69, 9.17) is 10.4 Å². The molecule has 0 unspecified atom stereocenters. The van der Waals surface area contributed by atoms with Crippen molar-refractivity contribution in [2.45, 2.75) is 19.3 Å². The van der Waals surface area contributed by atoms with Crippen molar-refractivity contribution < 1.29 is 0 Å². The van der Waals surface area contributed by atoms with Gasteiger partial charge in [0, 0.05) is 22.8 Å². The number of nitrogens with one attached hydrogen (secondary N) is 1. The molecule has 270 valence electrons. The zero-order valence-electron chi connectivity index (χ0n) is 32.0. The maximum absolute atomic E-state index is 8.95. The van der Waals surface area contributed by atoms with E-state index in [1.165, 1.54) is 66.1 Å². The van der Waals surface area contributed by atoms with Gasteiger partial charge in [-0.25, -0.2) is 0 Å². The number of aliphatic imine (C=N–C) groups is 1. The standard InChI is InChI=1S/C55H40N2/c1-55(2)49-22-12-21-47(53(49)54-46-19-9-8-14-37(46)30-32-50(54)55)39-26-24-38(25-27-39)45-31-29-43(44-18-10-11-20-48(44)45)35-57-52(34-51(56)40-15-4-3-5-16-40)42-28-23-36-13-6-7-17-41(36)33-42/h3-35,56H,1-2H3/b52-34-,56-51?,57-35?. The molecular weight excluding hydrogens is 689 g/mol. The van der Waals surface area contributed by atoms with E-state index in [2.05, 4.69) is 172 Å². The third kappa shape index (κ3) is 5.98. The van der Waals surface area contributed by atoms with Gasteiger partial charge in [-0.05, 0) is 94.5 Å². The van der Waals surface area contributed by atoms with E-state index in [1.807, 2.05) is 42.6 Å². The fraction of sp³-hybridized carbons (Fsp3) is 0.0545. The largest absolute Gasteiger partial charge is 0.300 e. The van der Waals surface area contributed by atoms with Crippen LogP contribution in [0.3, 0.4) is 0 Å². The van der Waals surface area contributed by atoms with Crippen molar-refractivity contribution in [1.82, 2.24) is 0 Å². The Morgan fingerprint density at radius 2 is 1.11 bits per heavy atom. The first-order valence-corrected chi connectivity index (χ1v) is 19.6. The number of hydrogen-bond acceptors (Lipinski definition) is 2. The lowest BCUT2D eigenvalue weighted by Crippen LogP contribution is -2.14. The Bertz CT molecular complexity index is 3090. The molecule has 57 heavy (non-hydrogen) atoms. The SMILES string of the molecule is CC1(C)c2cccc(-c3ccc(-c4ccc(C=N/C(=C\C(=N)c5ccccc5)c5ccc6ccccc6c5)c5ccccc45)cc3)c2-c2c1ccc1ccccc21. The molecule has 0 bridgehead atoms. The van der Waals surface area contributed by atoms with E-state index in [0.29, 0.717) is 5.71 Å². The van der Waals surface area contributed by atoms with E-state index in [0.717, 1.165) is 33.2 Å². The Kier molecular flexibility index (Phi) is 8.34. The highest BCUT2D eigenvalue weighted by molar-refractivity contribution is 6.12. The molecule has 0 fully saturated rings. The van der Waals surface area contributed by atoms with Crippen molar-refractivity contribution in [2.24, 2.45) is 4.99 Å². The predicted molar refractivity (Wildman–Crippen MR) is 243 cm³/mol. The zero-order valence-corrected chi connectivity index (χ0v) is 32.0. The zero-order chi connectivity index (χ0) is 38.5. The Balaban J connectivity index is 1.02. The van der Waals surface area contributed by atoms with Crippen LogP contribution in [0.15, 0.2) is 199 Å². The molecule has 2 nitrogen and oxygen atoms in total. The van der Waals surface area contributed by atoms with Crippen molar-refractivity contribution in [3.63, 3.8) is 0 Å². The molecule has 0 aliphatic heterocycles. The normalized spacial score (nSPS) is 13.3. The number of nitrogens with zero attached hydrogens (tertiary/aromatic N) is 1. The first-order valence-electron chi connectivity index (χ1n) is 19.6. The molecule has 0 spiro atoms. The first kappa shape index (κ1) is 34.3. The van der Waals surface area contributed by atoms with Crippen molar-refractivity contribution in [1.29, 1.82) is 5.41 Å². The van der Waals surface area contributed by atoms with Crippen molar-refractivity contribution in [2.75, 3.05) is 0 Å². The summed E-state index contributed by atoms with van der Waals surface area (Å²) in [4.78, 5) is 5.10. The molecule has 0 atom stereocenters. The van der Waals surface area contributed by atoms with Crippen LogP contribution in [0.4, 0.5) is 0 Å². The second-order valence-corrected chi connectivity index (χ2v) is 15.5. The fourth-order valence-electron chi connectivity index (χ4n) is 8.83. The number of rotatable bonds is 7. The lowest BCUT2D eigenvalue weighted by molar-refractivity contribution is 0.661. The van der Waals surface area contributed by atoms with Gasteiger partial charge >= 0.3 is 0 Å². The molecule has 0 heterocycles. The molecule has 2 heteroatoms. The summed E-state index contributed by atoms with van der Waals surface area (Å²) in [6.45, 7) is 4.71. The highest BCUT2D eigenvalue weighted by Crippen LogP contribution is 2.54. The molecule has 9 aromatic carbocycles. The van der Waals surface area contributed by atoms with Crippen LogP contribution in [0.1, 0.15) is 41.7 Å². The van der Waals surface area contributed by atoms with E-state index in [1.54, 1.807) is 0 Å². The molecule has 1 aliphatic carbocycles. The van der Waals surface area contributed by atoms with Crippen LogP contribution in [0.5, 0.6) is 0 Å². The maximum atomic E-state index is 8.95. The highest BCUT2D eigenvalue weighted by Gasteiger charge is 2.37. The van der Waals surface area contributed by atoms with E-state index < -0.39 is 0 Å². The van der Waals surface area contributed by atoms with Crippen LogP contribution in [0.25, 0.3) is 71.4 Å². The average molecular weight is 729 g/mol. The van der Waals surface area contributed by atoms with E-state index in [-0.39, 0.29) is 5.41 Å². The highest BCUT2D eigenvalue weighted by atomic mass is 14.7. The Labute approximate surface area is 333 Å². The number of hydrogen-bond donors (Lipinski definition) is 1. The van der Waals surface area contributed by atoms with Gasteiger partial charge in [0.25, 0.3) is 0 Å². The van der Waals surface area contributed by atoms with Gasteiger partial charge in [-0.3, -0.25) is 4.99 Å². The molecule has 0 aromatic heterocycles. The fourth-order valence-corrected chi connectivity index (χ4v) is 8.83. The summed E-state index contributed by atoms with van der Waals surface area (Å²) < 4.78 is 0. The number of allylic oxidation sites excluding steroid dienone is 1. The molecule has 1 aliphatic rings.